The number of hydrogen-bond acceptors (Lipinski definition) is 6. The summed E-state index contributed by atoms with van der Waals surface area (Å²) < 4.78 is 30.5. The van der Waals surface area contributed by atoms with E-state index >= 15 is 0 Å². The summed E-state index contributed by atoms with van der Waals surface area (Å²) in [5.74, 6) is 2.77. The van der Waals surface area contributed by atoms with E-state index in [0.29, 0.717) is 6.54 Å². The molecule has 0 unspecified atom stereocenters. The first-order chi connectivity index (χ1) is 12.3. The maximum absolute atomic E-state index is 11.2. The minimum absolute atomic E-state index is 0.255. The van der Waals surface area contributed by atoms with Crippen LogP contribution in [-0.2, 0) is 22.3 Å². The van der Waals surface area contributed by atoms with E-state index in [-0.39, 0.29) is 5.96 Å². The number of nitrogens with one attached hydrogen (secondary N) is 2. The Balaban J connectivity index is 1.86. The molecule has 0 bridgehead atoms. The molecular weight excluding hydrogens is 372 g/mol. The fourth-order valence-corrected chi connectivity index (χ4v) is 3.78. The maximum atomic E-state index is 11.2. The number of rotatable bonds is 8. The van der Waals surface area contributed by atoms with E-state index in [1.807, 2.05) is 0 Å². The first kappa shape index (κ1) is 20.6. The Bertz CT molecular complexity index is 860. The second-order valence-corrected chi connectivity index (χ2v) is 9.10. The highest BCUT2D eigenvalue weighted by Gasteiger charge is 2.09. The van der Waals surface area contributed by atoms with E-state index in [0.717, 1.165) is 40.8 Å². The molecule has 2 N–H and O–H groups in total. The third kappa shape index (κ3) is 6.54. The van der Waals surface area contributed by atoms with Gasteiger partial charge in [0.25, 0.3) is 0 Å². The van der Waals surface area contributed by atoms with Gasteiger partial charge in [-0.2, -0.15) is 11.8 Å². The molecule has 1 aromatic heterocycles. The van der Waals surface area contributed by atoms with Crippen LogP contribution in [0.1, 0.15) is 11.3 Å². The van der Waals surface area contributed by atoms with Gasteiger partial charge in [0.2, 0.25) is 16.0 Å². The lowest BCUT2D eigenvalue weighted by atomic mass is 10.1. The van der Waals surface area contributed by atoms with Crippen LogP contribution in [0.2, 0.25) is 0 Å². The number of sulfonamides is 1. The zero-order valence-corrected chi connectivity index (χ0v) is 17.2. The average molecular weight is 399 g/mol. The predicted molar refractivity (Wildman–Crippen MR) is 109 cm³/mol. The van der Waals surface area contributed by atoms with Gasteiger partial charge >= 0.3 is 0 Å². The molecule has 0 spiro atoms. The predicted octanol–water partition coefficient (Wildman–Crippen LogP) is 1.85. The molecule has 0 amide bonds. The molecule has 0 aliphatic heterocycles. The SMILES string of the molecule is CN=C(NCCSCc1occ2ccc(CN(C)C)cc12)NS(C)(=O)=O. The van der Waals surface area contributed by atoms with Gasteiger partial charge in [0.15, 0.2) is 0 Å². The van der Waals surface area contributed by atoms with E-state index in [4.69, 9.17) is 4.42 Å². The van der Waals surface area contributed by atoms with Crippen molar-refractivity contribution in [3.8, 4) is 0 Å². The lowest BCUT2D eigenvalue weighted by molar-refractivity contribution is 0.403. The van der Waals surface area contributed by atoms with Crippen LogP contribution in [0.15, 0.2) is 33.9 Å². The zero-order valence-electron chi connectivity index (χ0n) is 15.6. The zero-order chi connectivity index (χ0) is 19.2. The van der Waals surface area contributed by atoms with Crippen molar-refractivity contribution in [1.29, 1.82) is 0 Å². The molecule has 0 aliphatic rings. The number of fused-ring (bicyclic) bond motifs is 1. The number of guanidine groups is 1. The molecule has 26 heavy (non-hydrogen) atoms. The Morgan fingerprint density at radius 2 is 2.12 bits per heavy atom. The van der Waals surface area contributed by atoms with Crippen molar-refractivity contribution in [2.24, 2.45) is 4.99 Å². The fourth-order valence-electron chi connectivity index (χ4n) is 2.46. The van der Waals surface area contributed by atoms with Crippen molar-refractivity contribution in [2.75, 3.05) is 39.7 Å². The molecule has 1 aromatic carbocycles. The van der Waals surface area contributed by atoms with Crippen LogP contribution in [0.3, 0.4) is 0 Å². The van der Waals surface area contributed by atoms with Gasteiger partial charge in [0, 0.05) is 36.7 Å². The number of benzene rings is 1. The normalized spacial score (nSPS) is 12.7. The van der Waals surface area contributed by atoms with E-state index in [9.17, 15) is 8.42 Å². The topological polar surface area (TPSA) is 86.9 Å². The summed E-state index contributed by atoms with van der Waals surface area (Å²) in [6.45, 7) is 1.49. The van der Waals surface area contributed by atoms with E-state index < -0.39 is 10.0 Å². The van der Waals surface area contributed by atoms with Gasteiger partial charge in [-0.3, -0.25) is 9.71 Å². The summed E-state index contributed by atoms with van der Waals surface area (Å²) in [6, 6.07) is 6.40. The lowest BCUT2D eigenvalue weighted by Crippen LogP contribution is -2.41. The van der Waals surface area contributed by atoms with E-state index in [1.165, 1.54) is 12.6 Å². The molecule has 2 rings (SSSR count). The summed E-state index contributed by atoms with van der Waals surface area (Å²) in [4.78, 5) is 6.02. The number of thioether (sulfide) groups is 1. The van der Waals surface area contributed by atoms with Gasteiger partial charge < -0.3 is 14.6 Å². The first-order valence-corrected chi connectivity index (χ1v) is 11.2. The van der Waals surface area contributed by atoms with Gasteiger partial charge in [-0.05, 0) is 25.7 Å². The van der Waals surface area contributed by atoms with Crippen molar-refractivity contribution in [2.45, 2.75) is 12.3 Å². The van der Waals surface area contributed by atoms with Crippen molar-refractivity contribution in [3.63, 3.8) is 0 Å². The number of hydrogen-bond donors (Lipinski definition) is 2. The van der Waals surface area contributed by atoms with Crippen LogP contribution in [-0.4, -0.2) is 59.0 Å². The van der Waals surface area contributed by atoms with E-state index in [2.05, 4.69) is 52.2 Å². The van der Waals surface area contributed by atoms with Crippen LogP contribution in [0.25, 0.3) is 10.8 Å². The second-order valence-electron chi connectivity index (χ2n) is 6.24. The van der Waals surface area contributed by atoms with Crippen LogP contribution < -0.4 is 10.0 Å². The van der Waals surface area contributed by atoms with Crippen LogP contribution in [0, 0.1) is 0 Å². The highest BCUT2D eigenvalue weighted by Crippen LogP contribution is 2.26. The molecule has 0 fully saturated rings. The van der Waals surface area contributed by atoms with Gasteiger partial charge in [-0.25, -0.2) is 8.42 Å². The van der Waals surface area contributed by atoms with Gasteiger partial charge in [0.1, 0.15) is 5.76 Å². The molecule has 2 aromatic rings. The minimum Gasteiger partial charge on any atom is -0.467 e. The highest BCUT2D eigenvalue weighted by molar-refractivity contribution is 7.98. The standard InChI is InChI=1S/C17H26N4O3S2/c1-18-17(20-26(4,22)23)19-7-8-25-12-16-15-9-13(10-21(2)3)5-6-14(15)11-24-16/h5-6,9,11H,7-8,10,12H2,1-4H3,(H2,18,19,20). The van der Waals surface area contributed by atoms with Gasteiger partial charge in [-0.15, -0.1) is 0 Å². The molecule has 144 valence electrons. The molecule has 0 saturated carbocycles. The quantitative estimate of drug-likeness (QED) is 0.401. The smallest absolute Gasteiger partial charge is 0.232 e. The van der Waals surface area contributed by atoms with Crippen LogP contribution in [0.5, 0.6) is 0 Å². The molecule has 0 radical (unpaired) electrons. The number of aliphatic imine (C=N–C) groups is 1. The third-order valence-corrected chi connectivity index (χ3v) is 5.05. The summed E-state index contributed by atoms with van der Waals surface area (Å²) in [5.41, 5.74) is 1.26. The summed E-state index contributed by atoms with van der Waals surface area (Å²) >= 11 is 1.72. The summed E-state index contributed by atoms with van der Waals surface area (Å²) in [6.07, 6.45) is 2.89. The summed E-state index contributed by atoms with van der Waals surface area (Å²) in [7, 11) is 2.32. The van der Waals surface area contributed by atoms with E-state index in [1.54, 1.807) is 18.0 Å². The Morgan fingerprint density at radius 1 is 1.35 bits per heavy atom. The molecule has 0 aliphatic carbocycles. The Hall–Kier alpha value is -1.71. The molecule has 1 heterocycles. The molecule has 9 heteroatoms. The second kappa shape index (κ2) is 9.29. The average Bonchev–Trinajstić information content (AvgIpc) is 2.94. The Morgan fingerprint density at radius 3 is 2.77 bits per heavy atom. The van der Waals surface area contributed by atoms with Crippen molar-refractivity contribution >= 4 is 38.5 Å². The molecule has 0 atom stereocenters. The Kier molecular flexibility index (Phi) is 7.36. The largest absolute Gasteiger partial charge is 0.467 e. The lowest BCUT2D eigenvalue weighted by Gasteiger charge is -2.10. The maximum Gasteiger partial charge on any atom is 0.232 e. The van der Waals surface area contributed by atoms with Gasteiger partial charge in [0.05, 0.1) is 18.3 Å². The monoisotopic (exact) mass is 398 g/mol. The summed E-state index contributed by atoms with van der Waals surface area (Å²) in [5, 5.41) is 5.24. The number of furan rings is 1. The van der Waals surface area contributed by atoms with Crippen molar-refractivity contribution < 1.29 is 12.8 Å². The van der Waals surface area contributed by atoms with Crippen LogP contribution in [0.4, 0.5) is 0 Å². The minimum atomic E-state index is -3.32. The van der Waals surface area contributed by atoms with Gasteiger partial charge in [-0.1, -0.05) is 12.1 Å². The number of nitrogens with zero attached hydrogens (tertiary/aromatic N) is 2. The van der Waals surface area contributed by atoms with Crippen LogP contribution >= 0.6 is 11.8 Å². The first-order valence-electron chi connectivity index (χ1n) is 8.18. The highest BCUT2D eigenvalue weighted by atomic mass is 32.2. The molecular formula is C17H26N4O3S2. The molecule has 0 saturated heterocycles. The molecule has 7 nitrogen and oxygen atoms in total. The Labute approximate surface area is 159 Å². The third-order valence-electron chi connectivity index (χ3n) is 3.52. The van der Waals surface area contributed by atoms with Crippen molar-refractivity contribution in [3.05, 3.63) is 35.8 Å². The fraction of sp³-hybridized carbons (Fsp3) is 0.471. The van der Waals surface area contributed by atoms with Crippen molar-refractivity contribution in [1.82, 2.24) is 14.9 Å².